The van der Waals surface area contributed by atoms with Crippen LogP contribution in [-0.2, 0) is 10.0 Å². The second kappa shape index (κ2) is 4.66. The van der Waals surface area contributed by atoms with E-state index in [4.69, 9.17) is 10.8 Å². The van der Waals surface area contributed by atoms with Gasteiger partial charge < -0.3 is 10.8 Å². The first-order valence-electron chi connectivity index (χ1n) is 3.29. The van der Waals surface area contributed by atoms with Gasteiger partial charge in [-0.05, 0) is 0 Å². The quantitative estimate of drug-likeness (QED) is 0.525. The van der Waals surface area contributed by atoms with Gasteiger partial charge in [0, 0.05) is 20.1 Å². The molecular formula is C5H14N2O3S. The Kier molecular flexibility index (Phi) is 4.58. The molecule has 0 fully saturated rings. The average molecular weight is 182 g/mol. The van der Waals surface area contributed by atoms with E-state index in [1.807, 2.05) is 0 Å². The molecule has 0 spiro atoms. The van der Waals surface area contributed by atoms with Crippen LogP contribution in [0.4, 0.5) is 0 Å². The number of sulfonamides is 1. The van der Waals surface area contributed by atoms with E-state index in [0.717, 1.165) is 4.31 Å². The number of aliphatic hydroxyl groups excluding tert-OH is 1. The van der Waals surface area contributed by atoms with Crippen LogP contribution in [-0.4, -0.2) is 50.3 Å². The number of likely N-dealkylation sites (N-methyl/N-ethyl adjacent to an activating group) is 1. The fourth-order valence-corrected chi connectivity index (χ4v) is 1.55. The number of nitrogens with zero attached hydrogens (tertiary/aromatic N) is 1. The molecule has 0 saturated carbocycles. The molecule has 0 radical (unpaired) electrons. The van der Waals surface area contributed by atoms with Crippen molar-refractivity contribution in [3.63, 3.8) is 0 Å². The van der Waals surface area contributed by atoms with E-state index in [1.54, 1.807) is 0 Å². The summed E-state index contributed by atoms with van der Waals surface area (Å²) >= 11 is 0. The zero-order valence-electron chi connectivity index (χ0n) is 6.52. The van der Waals surface area contributed by atoms with E-state index in [2.05, 4.69) is 0 Å². The normalized spacial score (nSPS) is 12.4. The molecule has 0 heterocycles. The summed E-state index contributed by atoms with van der Waals surface area (Å²) < 4.78 is 23.2. The SMILES string of the molecule is CN(CCO)S(=O)(=O)CCN. The van der Waals surface area contributed by atoms with E-state index in [9.17, 15) is 8.42 Å². The lowest BCUT2D eigenvalue weighted by Gasteiger charge is -2.14. The van der Waals surface area contributed by atoms with Gasteiger partial charge >= 0.3 is 0 Å². The van der Waals surface area contributed by atoms with Crippen molar-refractivity contribution in [2.45, 2.75) is 0 Å². The number of hydrogen-bond acceptors (Lipinski definition) is 4. The Balaban J connectivity index is 4.07. The molecule has 11 heavy (non-hydrogen) atoms. The molecule has 6 heteroatoms. The van der Waals surface area contributed by atoms with Crippen LogP contribution in [0.1, 0.15) is 0 Å². The monoisotopic (exact) mass is 182 g/mol. The van der Waals surface area contributed by atoms with Crippen LogP contribution in [0, 0.1) is 0 Å². The predicted molar refractivity (Wildman–Crippen MR) is 42.6 cm³/mol. The number of hydrogen-bond donors (Lipinski definition) is 2. The Morgan fingerprint density at radius 2 is 2.09 bits per heavy atom. The van der Waals surface area contributed by atoms with Crippen molar-refractivity contribution in [1.82, 2.24) is 4.31 Å². The van der Waals surface area contributed by atoms with Crippen LogP contribution < -0.4 is 5.73 Å². The van der Waals surface area contributed by atoms with Crippen LogP contribution in [0.3, 0.4) is 0 Å². The van der Waals surface area contributed by atoms with E-state index >= 15 is 0 Å². The van der Waals surface area contributed by atoms with Crippen molar-refractivity contribution in [2.24, 2.45) is 5.73 Å². The summed E-state index contributed by atoms with van der Waals surface area (Å²) in [4.78, 5) is 0. The zero-order chi connectivity index (χ0) is 8.91. The average Bonchev–Trinajstić information content (AvgIpc) is 1.88. The summed E-state index contributed by atoms with van der Waals surface area (Å²) in [6.45, 7) is 0.0702. The van der Waals surface area contributed by atoms with E-state index in [0.29, 0.717) is 0 Å². The van der Waals surface area contributed by atoms with Gasteiger partial charge in [-0.2, -0.15) is 0 Å². The van der Waals surface area contributed by atoms with Crippen molar-refractivity contribution in [3.8, 4) is 0 Å². The fraction of sp³-hybridized carbons (Fsp3) is 1.00. The van der Waals surface area contributed by atoms with E-state index in [-0.39, 0.29) is 25.4 Å². The molecule has 0 rings (SSSR count). The summed E-state index contributed by atoms with van der Waals surface area (Å²) in [6, 6.07) is 0. The Morgan fingerprint density at radius 3 is 2.45 bits per heavy atom. The van der Waals surface area contributed by atoms with E-state index in [1.165, 1.54) is 7.05 Å². The van der Waals surface area contributed by atoms with Crippen LogP contribution in [0.5, 0.6) is 0 Å². The van der Waals surface area contributed by atoms with Gasteiger partial charge in [-0.3, -0.25) is 0 Å². The third kappa shape index (κ3) is 3.66. The lowest BCUT2D eigenvalue weighted by molar-refractivity contribution is 0.266. The maximum atomic E-state index is 11.1. The second-order valence-electron chi connectivity index (χ2n) is 2.15. The van der Waals surface area contributed by atoms with Crippen molar-refractivity contribution >= 4 is 10.0 Å². The first kappa shape index (κ1) is 10.8. The molecule has 0 amide bonds. The highest BCUT2D eigenvalue weighted by Gasteiger charge is 2.14. The Hall–Kier alpha value is -0.170. The summed E-state index contributed by atoms with van der Waals surface area (Å²) in [5.74, 6) is -0.0660. The molecule has 0 atom stereocenters. The minimum absolute atomic E-state index is 0.0660. The molecule has 3 N–H and O–H groups in total. The van der Waals surface area contributed by atoms with E-state index < -0.39 is 10.0 Å². The number of nitrogens with two attached hydrogens (primary N) is 1. The van der Waals surface area contributed by atoms with Crippen molar-refractivity contribution < 1.29 is 13.5 Å². The van der Waals surface area contributed by atoms with Gasteiger partial charge in [0.05, 0.1) is 12.4 Å². The minimum atomic E-state index is -3.22. The molecule has 0 aromatic heterocycles. The summed E-state index contributed by atoms with van der Waals surface area (Å²) in [5.41, 5.74) is 5.08. The molecule has 0 aliphatic heterocycles. The Labute approximate surface area is 66.9 Å². The van der Waals surface area contributed by atoms with Crippen LogP contribution in [0.25, 0.3) is 0 Å². The molecule has 0 aromatic carbocycles. The molecule has 68 valence electrons. The molecule has 0 unspecified atom stereocenters. The standard InChI is InChI=1S/C5H14N2O3S/c1-7(3-4-8)11(9,10)5-2-6/h8H,2-6H2,1H3. The molecule has 0 saturated heterocycles. The zero-order valence-corrected chi connectivity index (χ0v) is 7.34. The minimum Gasteiger partial charge on any atom is -0.395 e. The molecule has 0 aliphatic rings. The highest BCUT2D eigenvalue weighted by atomic mass is 32.2. The Bertz CT molecular complexity index is 190. The maximum absolute atomic E-state index is 11.1. The first-order chi connectivity index (χ1) is 5.04. The van der Waals surface area contributed by atoms with Crippen molar-refractivity contribution in [3.05, 3.63) is 0 Å². The largest absolute Gasteiger partial charge is 0.395 e. The number of aliphatic hydroxyl groups is 1. The molecular weight excluding hydrogens is 168 g/mol. The molecule has 0 aliphatic carbocycles. The van der Waals surface area contributed by atoms with Gasteiger partial charge in [0.25, 0.3) is 0 Å². The van der Waals surface area contributed by atoms with Gasteiger partial charge in [0.1, 0.15) is 0 Å². The lowest BCUT2D eigenvalue weighted by atomic mass is 10.7. The van der Waals surface area contributed by atoms with Gasteiger partial charge in [0.2, 0.25) is 10.0 Å². The predicted octanol–water partition coefficient (Wildman–Crippen LogP) is -1.80. The van der Waals surface area contributed by atoms with Gasteiger partial charge in [-0.1, -0.05) is 0 Å². The summed E-state index contributed by atoms with van der Waals surface area (Å²) in [5, 5.41) is 8.43. The highest BCUT2D eigenvalue weighted by molar-refractivity contribution is 7.89. The topological polar surface area (TPSA) is 83.6 Å². The Morgan fingerprint density at radius 1 is 1.55 bits per heavy atom. The molecule has 5 nitrogen and oxygen atoms in total. The maximum Gasteiger partial charge on any atom is 0.215 e. The second-order valence-corrected chi connectivity index (χ2v) is 4.35. The van der Waals surface area contributed by atoms with Gasteiger partial charge in [-0.15, -0.1) is 0 Å². The summed E-state index contributed by atoms with van der Waals surface area (Å²) in [6.07, 6.45) is 0. The van der Waals surface area contributed by atoms with Gasteiger partial charge in [0.15, 0.2) is 0 Å². The van der Waals surface area contributed by atoms with Crippen LogP contribution in [0.2, 0.25) is 0 Å². The fourth-order valence-electron chi connectivity index (χ4n) is 0.585. The first-order valence-corrected chi connectivity index (χ1v) is 4.90. The van der Waals surface area contributed by atoms with Crippen molar-refractivity contribution in [2.75, 3.05) is 32.5 Å². The molecule has 0 bridgehead atoms. The third-order valence-electron chi connectivity index (χ3n) is 1.27. The number of rotatable bonds is 5. The van der Waals surface area contributed by atoms with Crippen molar-refractivity contribution in [1.29, 1.82) is 0 Å². The third-order valence-corrected chi connectivity index (χ3v) is 3.15. The highest BCUT2D eigenvalue weighted by Crippen LogP contribution is 1.94. The lowest BCUT2D eigenvalue weighted by Crippen LogP contribution is -2.33. The smallest absolute Gasteiger partial charge is 0.215 e. The van der Waals surface area contributed by atoms with Crippen LogP contribution in [0.15, 0.2) is 0 Å². The van der Waals surface area contributed by atoms with Gasteiger partial charge in [-0.25, -0.2) is 12.7 Å². The molecule has 0 aromatic rings. The van der Waals surface area contributed by atoms with Crippen LogP contribution >= 0.6 is 0 Å². The summed E-state index contributed by atoms with van der Waals surface area (Å²) in [7, 11) is -1.81.